The van der Waals surface area contributed by atoms with Crippen LogP contribution in [0.5, 0.6) is 0 Å². The maximum atomic E-state index is 4.99. The lowest BCUT2D eigenvalue weighted by Crippen LogP contribution is -2.03. The molecule has 0 atom stereocenters. The molecule has 0 saturated heterocycles. The summed E-state index contributed by atoms with van der Waals surface area (Å²) in [4.78, 5) is 3.94. The highest BCUT2D eigenvalue weighted by atomic mass is 32.1. The van der Waals surface area contributed by atoms with Gasteiger partial charge in [-0.2, -0.15) is 0 Å². The van der Waals surface area contributed by atoms with Gasteiger partial charge in [0.25, 0.3) is 0 Å². The molecule has 2 N–H and O–H groups in total. The van der Waals surface area contributed by atoms with Crippen molar-refractivity contribution in [2.45, 2.75) is 6.92 Å². The molecule has 1 heterocycles. The molecule has 3 heteroatoms. The van der Waals surface area contributed by atoms with Crippen molar-refractivity contribution in [3.63, 3.8) is 0 Å². The van der Waals surface area contributed by atoms with Crippen LogP contribution >= 0.6 is 12.2 Å². The van der Waals surface area contributed by atoms with Crippen molar-refractivity contribution < 1.29 is 0 Å². The normalized spacial score (nSPS) is 10.2. The van der Waals surface area contributed by atoms with Crippen molar-refractivity contribution in [3.05, 3.63) is 30.5 Å². The van der Waals surface area contributed by atoms with Gasteiger partial charge in [-0.3, -0.25) is 0 Å². The Bertz CT molecular complexity index is 445. The second-order valence-electron chi connectivity index (χ2n) is 2.93. The molecule has 0 fully saturated rings. The van der Waals surface area contributed by atoms with Crippen molar-refractivity contribution in [1.82, 2.24) is 4.98 Å². The molecule has 0 radical (unpaired) electrons. The molecule has 1 aromatic carbocycles. The standard InChI is InChI=1S/C10H10N2S/c1-7(13)12-10-4-2-3-9-8(10)5-6-11-9/h2-6,11H,1H3,(H,12,13). The third-order valence-corrected chi connectivity index (χ3v) is 2.01. The van der Waals surface area contributed by atoms with E-state index < -0.39 is 0 Å². The Morgan fingerprint density at radius 3 is 3.00 bits per heavy atom. The first-order valence-electron chi connectivity index (χ1n) is 4.11. The number of thiocarbonyl (C=S) groups is 1. The summed E-state index contributed by atoms with van der Waals surface area (Å²) in [5, 5.41) is 4.32. The lowest BCUT2D eigenvalue weighted by molar-refractivity contribution is 1.48. The first-order valence-corrected chi connectivity index (χ1v) is 4.52. The van der Waals surface area contributed by atoms with Gasteiger partial charge in [-0.15, -0.1) is 0 Å². The number of H-pyrrole nitrogens is 1. The van der Waals surface area contributed by atoms with Gasteiger partial charge < -0.3 is 10.3 Å². The zero-order valence-corrected chi connectivity index (χ0v) is 8.11. The Balaban J connectivity index is 2.54. The summed E-state index contributed by atoms with van der Waals surface area (Å²) in [6.07, 6.45) is 1.93. The molecule has 0 amide bonds. The smallest absolute Gasteiger partial charge is 0.0765 e. The van der Waals surface area contributed by atoms with Gasteiger partial charge in [0, 0.05) is 22.8 Å². The number of hydrogen-bond acceptors (Lipinski definition) is 1. The molecule has 2 nitrogen and oxygen atoms in total. The van der Waals surface area contributed by atoms with E-state index in [0.29, 0.717) is 0 Å². The van der Waals surface area contributed by atoms with Gasteiger partial charge in [-0.25, -0.2) is 0 Å². The van der Waals surface area contributed by atoms with E-state index in [-0.39, 0.29) is 0 Å². The maximum Gasteiger partial charge on any atom is 0.0765 e. The van der Waals surface area contributed by atoms with Gasteiger partial charge in [0.05, 0.1) is 4.99 Å². The van der Waals surface area contributed by atoms with Gasteiger partial charge in [-0.05, 0) is 25.1 Å². The molecule has 2 rings (SSSR count). The van der Waals surface area contributed by atoms with Crippen molar-refractivity contribution >= 4 is 33.8 Å². The number of anilines is 1. The van der Waals surface area contributed by atoms with Crippen LogP contribution in [-0.4, -0.2) is 9.97 Å². The Morgan fingerprint density at radius 2 is 2.23 bits per heavy atom. The minimum absolute atomic E-state index is 0.786. The first kappa shape index (κ1) is 8.26. The van der Waals surface area contributed by atoms with Crippen LogP contribution in [0.2, 0.25) is 0 Å². The highest BCUT2D eigenvalue weighted by Crippen LogP contribution is 2.21. The lowest BCUT2D eigenvalue weighted by atomic mass is 10.2. The lowest BCUT2D eigenvalue weighted by Gasteiger charge is -2.04. The second kappa shape index (κ2) is 3.18. The summed E-state index contributed by atoms with van der Waals surface area (Å²) < 4.78 is 0. The highest BCUT2D eigenvalue weighted by molar-refractivity contribution is 7.80. The van der Waals surface area contributed by atoms with Crippen LogP contribution in [0.15, 0.2) is 30.5 Å². The number of aromatic amines is 1. The quantitative estimate of drug-likeness (QED) is 0.677. The number of aromatic nitrogens is 1. The number of hydrogen-bond donors (Lipinski definition) is 2. The average molecular weight is 190 g/mol. The van der Waals surface area contributed by atoms with Crippen LogP contribution in [0.4, 0.5) is 5.69 Å². The molecule has 2 aromatic rings. The van der Waals surface area contributed by atoms with E-state index in [4.69, 9.17) is 12.2 Å². The van der Waals surface area contributed by atoms with Gasteiger partial charge in [0.2, 0.25) is 0 Å². The molecular weight excluding hydrogens is 180 g/mol. The van der Waals surface area contributed by atoms with Crippen LogP contribution in [0.25, 0.3) is 10.9 Å². The molecule has 1 aromatic heterocycles. The first-order chi connectivity index (χ1) is 6.27. The zero-order chi connectivity index (χ0) is 9.26. The highest BCUT2D eigenvalue weighted by Gasteiger charge is 2.00. The number of rotatable bonds is 1. The minimum Gasteiger partial charge on any atom is -0.361 e. The van der Waals surface area contributed by atoms with E-state index in [1.807, 2.05) is 37.4 Å². The van der Waals surface area contributed by atoms with Crippen molar-refractivity contribution in [2.75, 3.05) is 5.32 Å². The van der Waals surface area contributed by atoms with Crippen LogP contribution in [-0.2, 0) is 0 Å². The minimum atomic E-state index is 0.786. The molecule has 0 aliphatic carbocycles. The van der Waals surface area contributed by atoms with E-state index in [2.05, 4.69) is 10.3 Å². The van der Waals surface area contributed by atoms with E-state index >= 15 is 0 Å². The van der Waals surface area contributed by atoms with Crippen molar-refractivity contribution in [2.24, 2.45) is 0 Å². The fraction of sp³-hybridized carbons (Fsp3) is 0.100. The average Bonchev–Trinajstić information content (AvgIpc) is 2.51. The monoisotopic (exact) mass is 190 g/mol. The molecule has 0 aliphatic heterocycles. The van der Waals surface area contributed by atoms with Crippen molar-refractivity contribution in [1.29, 1.82) is 0 Å². The summed E-state index contributed by atoms with van der Waals surface area (Å²) in [5.41, 5.74) is 2.19. The number of benzene rings is 1. The third-order valence-electron chi connectivity index (χ3n) is 1.91. The van der Waals surface area contributed by atoms with Gasteiger partial charge in [0.1, 0.15) is 0 Å². The van der Waals surface area contributed by atoms with E-state index in [9.17, 15) is 0 Å². The molecular formula is C10H10N2S. The predicted molar refractivity (Wildman–Crippen MR) is 60.2 cm³/mol. The topological polar surface area (TPSA) is 27.8 Å². The molecule has 0 unspecified atom stereocenters. The zero-order valence-electron chi connectivity index (χ0n) is 7.29. The predicted octanol–water partition coefficient (Wildman–Crippen LogP) is 2.93. The van der Waals surface area contributed by atoms with Crippen LogP contribution in [0, 0.1) is 0 Å². The molecule has 0 aliphatic rings. The van der Waals surface area contributed by atoms with Crippen molar-refractivity contribution in [3.8, 4) is 0 Å². The molecule has 0 spiro atoms. The third kappa shape index (κ3) is 1.55. The summed E-state index contributed by atoms with van der Waals surface area (Å²) in [7, 11) is 0. The fourth-order valence-electron chi connectivity index (χ4n) is 1.38. The van der Waals surface area contributed by atoms with Crippen LogP contribution in [0.3, 0.4) is 0 Å². The van der Waals surface area contributed by atoms with Gasteiger partial charge >= 0.3 is 0 Å². The fourth-order valence-corrected chi connectivity index (χ4v) is 1.49. The Labute approximate surface area is 82.0 Å². The summed E-state index contributed by atoms with van der Waals surface area (Å²) in [6.45, 7) is 1.88. The van der Waals surface area contributed by atoms with E-state index in [1.165, 1.54) is 5.39 Å². The van der Waals surface area contributed by atoms with Crippen LogP contribution < -0.4 is 5.32 Å². The molecule has 66 valence electrons. The molecule has 0 bridgehead atoms. The Kier molecular flexibility index (Phi) is 2.02. The largest absolute Gasteiger partial charge is 0.361 e. The molecule has 0 saturated carbocycles. The second-order valence-corrected chi connectivity index (χ2v) is 3.54. The SMILES string of the molecule is CC(=S)Nc1cccc2[nH]ccc12. The van der Waals surface area contributed by atoms with E-state index in [1.54, 1.807) is 0 Å². The van der Waals surface area contributed by atoms with Gasteiger partial charge in [0.15, 0.2) is 0 Å². The summed E-state index contributed by atoms with van der Waals surface area (Å²) in [5.74, 6) is 0. The van der Waals surface area contributed by atoms with Crippen LogP contribution in [0.1, 0.15) is 6.92 Å². The van der Waals surface area contributed by atoms with E-state index in [0.717, 1.165) is 16.2 Å². The Hall–Kier alpha value is -1.35. The summed E-state index contributed by atoms with van der Waals surface area (Å²) >= 11 is 4.99. The Morgan fingerprint density at radius 1 is 1.38 bits per heavy atom. The van der Waals surface area contributed by atoms with Gasteiger partial charge in [-0.1, -0.05) is 18.3 Å². The summed E-state index contributed by atoms with van der Waals surface area (Å²) in [6, 6.07) is 8.10. The molecule has 13 heavy (non-hydrogen) atoms. The number of nitrogens with one attached hydrogen (secondary N) is 2. The maximum absolute atomic E-state index is 4.99. The number of fused-ring (bicyclic) bond motifs is 1.